The second-order valence-electron chi connectivity index (χ2n) is 8.02. The van der Waals surface area contributed by atoms with Gasteiger partial charge in [-0.3, -0.25) is 9.69 Å². The van der Waals surface area contributed by atoms with Gasteiger partial charge in [-0.15, -0.1) is 11.3 Å². The quantitative estimate of drug-likeness (QED) is 0.290. The zero-order valence-electron chi connectivity index (χ0n) is 18.6. The highest BCUT2D eigenvalue weighted by Gasteiger charge is 2.14. The van der Waals surface area contributed by atoms with Crippen molar-refractivity contribution >= 4 is 28.8 Å². The fourth-order valence-electron chi connectivity index (χ4n) is 3.60. The van der Waals surface area contributed by atoms with Crippen LogP contribution in [0.5, 0.6) is 0 Å². The molecule has 0 unspecified atom stereocenters. The van der Waals surface area contributed by atoms with Crippen molar-refractivity contribution < 1.29 is 9.18 Å². The molecule has 0 aliphatic rings. The van der Waals surface area contributed by atoms with Crippen LogP contribution in [0, 0.1) is 5.82 Å². The number of hydrogen-bond acceptors (Lipinski definition) is 4. The molecule has 1 aromatic heterocycles. The summed E-state index contributed by atoms with van der Waals surface area (Å²) in [6.07, 6.45) is 0.774. The van der Waals surface area contributed by atoms with Crippen LogP contribution in [0.1, 0.15) is 32.2 Å². The Morgan fingerprint density at radius 3 is 2.21 bits per heavy atom. The molecule has 0 saturated heterocycles. The van der Waals surface area contributed by atoms with Crippen molar-refractivity contribution in [2.24, 2.45) is 0 Å². The van der Waals surface area contributed by atoms with Gasteiger partial charge in [-0.1, -0.05) is 66.2 Å². The largest absolute Gasteiger partial charge is 0.350 e. The standard InChI is InChI=1S/C27H25ClFN3OS/c28-23-10-6-21(7-11-23)16-32(17-22-8-12-24(29)13-9-22)18-26-31-25(19-34-26)27(33)30-15-14-20-4-2-1-3-5-20/h1-13,19H,14-18H2,(H,30,33). The topological polar surface area (TPSA) is 45.2 Å². The van der Waals surface area contributed by atoms with E-state index in [0.29, 0.717) is 36.9 Å². The molecule has 7 heteroatoms. The number of thiazole rings is 1. The van der Waals surface area contributed by atoms with Crippen molar-refractivity contribution in [1.82, 2.24) is 15.2 Å². The molecular formula is C27H25ClFN3OS. The summed E-state index contributed by atoms with van der Waals surface area (Å²) in [6.45, 7) is 2.43. The number of carbonyl (C=O) groups is 1. The molecule has 0 aliphatic heterocycles. The van der Waals surface area contributed by atoms with E-state index in [9.17, 15) is 9.18 Å². The Hall–Kier alpha value is -3.06. The number of nitrogens with zero attached hydrogens (tertiary/aromatic N) is 2. The van der Waals surface area contributed by atoms with E-state index in [4.69, 9.17) is 11.6 Å². The summed E-state index contributed by atoms with van der Waals surface area (Å²) in [5.74, 6) is -0.419. The van der Waals surface area contributed by atoms with E-state index < -0.39 is 0 Å². The first-order valence-corrected chi connectivity index (χ1v) is 12.3. The lowest BCUT2D eigenvalue weighted by Crippen LogP contribution is -2.26. The lowest BCUT2D eigenvalue weighted by Gasteiger charge is -2.21. The van der Waals surface area contributed by atoms with E-state index >= 15 is 0 Å². The van der Waals surface area contributed by atoms with Crippen molar-refractivity contribution in [1.29, 1.82) is 0 Å². The zero-order valence-corrected chi connectivity index (χ0v) is 20.2. The lowest BCUT2D eigenvalue weighted by molar-refractivity contribution is 0.0949. The Balaban J connectivity index is 1.39. The molecule has 0 radical (unpaired) electrons. The molecule has 0 spiro atoms. The lowest BCUT2D eigenvalue weighted by atomic mass is 10.1. The molecule has 1 heterocycles. The molecular weight excluding hydrogens is 469 g/mol. The molecule has 34 heavy (non-hydrogen) atoms. The molecule has 4 nitrogen and oxygen atoms in total. The van der Waals surface area contributed by atoms with Crippen LogP contribution < -0.4 is 5.32 Å². The minimum Gasteiger partial charge on any atom is -0.350 e. The van der Waals surface area contributed by atoms with E-state index in [1.807, 2.05) is 54.6 Å². The third-order valence-corrected chi connectivity index (χ3v) is 6.41. The summed E-state index contributed by atoms with van der Waals surface area (Å²) in [5, 5.41) is 6.29. The molecule has 0 bridgehead atoms. The molecule has 174 valence electrons. The van der Waals surface area contributed by atoms with E-state index in [-0.39, 0.29) is 11.7 Å². The number of hydrogen-bond donors (Lipinski definition) is 1. The average molecular weight is 494 g/mol. The monoisotopic (exact) mass is 493 g/mol. The minimum absolute atomic E-state index is 0.166. The normalized spacial score (nSPS) is 11.0. The van der Waals surface area contributed by atoms with Gasteiger partial charge in [-0.2, -0.15) is 0 Å². The number of benzene rings is 3. The van der Waals surface area contributed by atoms with Crippen molar-refractivity contribution in [2.75, 3.05) is 6.54 Å². The number of halogens is 2. The summed E-state index contributed by atoms with van der Waals surface area (Å²) in [5.41, 5.74) is 3.73. The highest BCUT2D eigenvalue weighted by Crippen LogP contribution is 2.19. The van der Waals surface area contributed by atoms with Crippen LogP contribution in [-0.2, 0) is 26.1 Å². The second kappa shape index (κ2) is 11.9. The van der Waals surface area contributed by atoms with Gasteiger partial charge in [0.1, 0.15) is 16.5 Å². The Morgan fingerprint density at radius 1 is 0.882 bits per heavy atom. The van der Waals surface area contributed by atoms with Gasteiger partial charge in [0.05, 0.1) is 6.54 Å². The highest BCUT2D eigenvalue weighted by atomic mass is 35.5. The van der Waals surface area contributed by atoms with Gasteiger partial charge < -0.3 is 5.32 Å². The molecule has 0 aliphatic carbocycles. The van der Waals surface area contributed by atoms with Crippen LogP contribution >= 0.6 is 22.9 Å². The molecule has 4 rings (SSSR count). The Bertz CT molecular complexity index is 1150. The number of rotatable bonds is 10. The van der Waals surface area contributed by atoms with E-state index in [0.717, 1.165) is 22.6 Å². The number of amides is 1. The molecule has 1 amide bonds. The summed E-state index contributed by atoms with van der Waals surface area (Å²) < 4.78 is 13.3. The predicted molar refractivity (Wildman–Crippen MR) is 135 cm³/mol. The Morgan fingerprint density at radius 2 is 1.53 bits per heavy atom. The Kier molecular flexibility index (Phi) is 8.41. The summed E-state index contributed by atoms with van der Waals surface area (Å²) in [4.78, 5) is 19.3. The molecule has 4 aromatic rings. The third kappa shape index (κ3) is 7.22. The van der Waals surface area contributed by atoms with E-state index in [2.05, 4.69) is 15.2 Å². The van der Waals surface area contributed by atoms with Gasteiger partial charge in [0.25, 0.3) is 5.91 Å². The maximum absolute atomic E-state index is 13.3. The molecule has 0 atom stereocenters. The highest BCUT2D eigenvalue weighted by molar-refractivity contribution is 7.09. The maximum atomic E-state index is 13.3. The molecule has 0 saturated carbocycles. The summed E-state index contributed by atoms with van der Waals surface area (Å²) >= 11 is 7.50. The first kappa shape index (κ1) is 24.1. The first-order chi connectivity index (χ1) is 16.5. The van der Waals surface area contributed by atoms with Crippen LogP contribution in [0.15, 0.2) is 84.2 Å². The van der Waals surface area contributed by atoms with Gasteiger partial charge in [0.15, 0.2) is 0 Å². The molecule has 3 aromatic carbocycles. The third-order valence-electron chi connectivity index (χ3n) is 5.32. The summed E-state index contributed by atoms with van der Waals surface area (Å²) in [6, 6.07) is 24.3. The summed E-state index contributed by atoms with van der Waals surface area (Å²) in [7, 11) is 0. The zero-order chi connectivity index (χ0) is 23.8. The minimum atomic E-state index is -0.254. The maximum Gasteiger partial charge on any atom is 0.270 e. The van der Waals surface area contributed by atoms with E-state index in [1.165, 1.54) is 29.0 Å². The number of aromatic nitrogens is 1. The van der Waals surface area contributed by atoms with Crippen molar-refractivity contribution in [3.05, 3.63) is 122 Å². The van der Waals surface area contributed by atoms with Crippen LogP contribution in [0.3, 0.4) is 0 Å². The molecule has 0 fully saturated rings. The second-order valence-corrected chi connectivity index (χ2v) is 9.40. The fourth-order valence-corrected chi connectivity index (χ4v) is 4.54. The predicted octanol–water partition coefficient (Wildman–Crippen LogP) is 6.11. The van der Waals surface area contributed by atoms with Crippen molar-refractivity contribution in [3.8, 4) is 0 Å². The van der Waals surface area contributed by atoms with Crippen LogP contribution in [0.4, 0.5) is 4.39 Å². The Labute approximate surface area is 208 Å². The van der Waals surface area contributed by atoms with Crippen molar-refractivity contribution in [2.45, 2.75) is 26.1 Å². The number of nitrogens with one attached hydrogen (secondary N) is 1. The van der Waals surface area contributed by atoms with Crippen LogP contribution in [0.2, 0.25) is 5.02 Å². The van der Waals surface area contributed by atoms with Gasteiger partial charge in [0.2, 0.25) is 0 Å². The van der Waals surface area contributed by atoms with Crippen LogP contribution in [0.25, 0.3) is 0 Å². The average Bonchev–Trinajstić information content (AvgIpc) is 3.31. The first-order valence-electron chi connectivity index (χ1n) is 11.0. The van der Waals surface area contributed by atoms with Gasteiger partial charge in [0, 0.05) is 30.0 Å². The SMILES string of the molecule is O=C(NCCc1ccccc1)c1csc(CN(Cc2ccc(F)cc2)Cc2ccc(Cl)cc2)n1. The van der Waals surface area contributed by atoms with Gasteiger partial charge >= 0.3 is 0 Å². The number of carbonyl (C=O) groups excluding carboxylic acids is 1. The van der Waals surface area contributed by atoms with E-state index in [1.54, 1.807) is 17.5 Å². The van der Waals surface area contributed by atoms with Gasteiger partial charge in [-0.05, 0) is 47.4 Å². The fraction of sp³-hybridized carbons (Fsp3) is 0.185. The van der Waals surface area contributed by atoms with Crippen LogP contribution in [-0.4, -0.2) is 22.3 Å². The molecule has 1 N–H and O–H groups in total. The van der Waals surface area contributed by atoms with Gasteiger partial charge in [-0.25, -0.2) is 9.37 Å². The smallest absolute Gasteiger partial charge is 0.270 e. The van der Waals surface area contributed by atoms with Crippen molar-refractivity contribution in [3.63, 3.8) is 0 Å².